The van der Waals surface area contributed by atoms with Crippen LogP contribution in [-0.4, -0.2) is 5.91 Å². The van der Waals surface area contributed by atoms with Crippen LogP contribution in [0.2, 0.25) is 5.02 Å². The molecule has 0 saturated carbocycles. The Hall–Kier alpha value is -0.590. The lowest BCUT2D eigenvalue weighted by molar-refractivity contribution is 0.0940. The first-order chi connectivity index (χ1) is 9.47. The second-order valence-electron chi connectivity index (χ2n) is 4.38. The summed E-state index contributed by atoms with van der Waals surface area (Å²) in [7, 11) is 0. The molecule has 2 rings (SSSR count). The number of hydrogen-bond acceptors (Lipinski definition) is 1. The zero-order valence-electron chi connectivity index (χ0n) is 10.7. The van der Waals surface area contributed by atoms with E-state index in [1.807, 2.05) is 37.3 Å². The maximum Gasteiger partial charge on any atom is 0.251 e. The van der Waals surface area contributed by atoms with Crippen LogP contribution in [-0.2, 0) is 0 Å². The normalized spacial score (nSPS) is 12.0. The average Bonchev–Trinajstić information content (AvgIpc) is 2.42. The summed E-state index contributed by atoms with van der Waals surface area (Å²) in [5.74, 6) is -0.126. The lowest BCUT2D eigenvalue weighted by atomic mass is 10.1. The van der Waals surface area contributed by atoms with Crippen LogP contribution in [0.4, 0.5) is 0 Å². The van der Waals surface area contributed by atoms with Crippen molar-refractivity contribution in [1.29, 1.82) is 0 Å². The van der Waals surface area contributed by atoms with Gasteiger partial charge in [0.2, 0.25) is 0 Å². The van der Waals surface area contributed by atoms with Gasteiger partial charge in [-0.2, -0.15) is 0 Å². The molecule has 2 aromatic rings. The van der Waals surface area contributed by atoms with Gasteiger partial charge in [-0.3, -0.25) is 4.79 Å². The van der Waals surface area contributed by atoms with Gasteiger partial charge in [0.25, 0.3) is 5.91 Å². The van der Waals surface area contributed by atoms with Crippen molar-refractivity contribution in [3.63, 3.8) is 0 Å². The van der Waals surface area contributed by atoms with Crippen molar-refractivity contribution in [2.75, 3.05) is 0 Å². The minimum Gasteiger partial charge on any atom is -0.346 e. The maximum atomic E-state index is 12.2. The third-order valence-electron chi connectivity index (χ3n) is 2.90. The molecular formula is C15H12BrClINO. The third-order valence-corrected chi connectivity index (χ3v) is 5.00. The Labute approximate surface area is 145 Å². The molecule has 20 heavy (non-hydrogen) atoms. The molecule has 0 aromatic heterocycles. The SMILES string of the molecule is CC(NC(=O)c1ccc(I)c(Cl)c1)c1ccc(Br)cc1. The highest BCUT2D eigenvalue weighted by molar-refractivity contribution is 14.1. The summed E-state index contributed by atoms with van der Waals surface area (Å²) in [5, 5.41) is 3.56. The molecular weight excluding hydrogens is 452 g/mol. The number of benzene rings is 2. The Bertz CT molecular complexity index is 630. The second kappa shape index (κ2) is 6.91. The molecule has 0 bridgehead atoms. The van der Waals surface area contributed by atoms with E-state index >= 15 is 0 Å². The number of rotatable bonds is 3. The van der Waals surface area contributed by atoms with Crippen LogP contribution < -0.4 is 5.32 Å². The highest BCUT2D eigenvalue weighted by Crippen LogP contribution is 2.21. The molecule has 1 unspecified atom stereocenters. The van der Waals surface area contributed by atoms with Crippen molar-refractivity contribution in [2.45, 2.75) is 13.0 Å². The first kappa shape index (κ1) is 15.8. The second-order valence-corrected chi connectivity index (χ2v) is 6.86. The summed E-state index contributed by atoms with van der Waals surface area (Å²) in [5.41, 5.74) is 1.62. The van der Waals surface area contributed by atoms with E-state index in [0.717, 1.165) is 13.6 Å². The topological polar surface area (TPSA) is 29.1 Å². The summed E-state index contributed by atoms with van der Waals surface area (Å²) in [6.45, 7) is 1.95. The summed E-state index contributed by atoms with van der Waals surface area (Å²) in [4.78, 5) is 12.2. The fraction of sp³-hybridized carbons (Fsp3) is 0.133. The van der Waals surface area contributed by atoms with E-state index in [0.29, 0.717) is 10.6 Å². The molecule has 0 aliphatic carbocycles. The van der Waals surface area contributed by atoms with Gasteiger partial charge >= 0.3 is 0 Å². The van der Waals surface area contributed by atoms with Gasteiger partial charge in [-0.15, -0.1) is 0 Å². The van der Waals surface area contributed by atoms with E-state index in [-0.39, 0.29) is 11.9 Å². The molecule has 0 saturated heterocycles. The number of nitrogens with one attached hydrogen (secondary N) is 1. The van der Waals surface area contributed by atoms with Gasteiger partial charge in [0.05, 0.1) is 11.1 Å². The third kappa shape index (κ3) is 3.96. The first-order valence-corrected chi connectivity index (χ1v) is 8.23. The van der Waals surface area contributed by atoms with Gasteiger partial charge in [0.15, 0.2) is 0 Å². The van der Waals surface area contributed by atoms with E-state index in [1.165, 1.54) is 0 Å². The number of carbonyl (C=O) groups excluding carboxylic acids is 1. The zero-order valence-corrected chi connectivity index (χ0v) is 15.2. The van der Waals surface area contributed by atoms with Crippen LogP contribution in [0.15, 0.2) is 46.9 Å². The van der Waals surface area contributed by atoms with Gasteiger partial charge in [0, 0.05) is 13.6 Å². The highest BCUT2D eigenvalue weighted by Gasteiger charge is 2.12. The van der Waals surface area contributed by atoms with Crippen molar-refractivity contribution < 1.29 is 4.79 Å². The number of carbonyl (C=O) groups is 1. The van der Waals surface area contributed by atoms with E-state index < -0.39 is 0 Å². The molecule has 0 spiro atoms. The Kier molecular flexibility index (Phi) is 5.46. The molecule has 104 valence electrons. The van der Waals surface area contributed by atoms with Gasteiger partial charge in [-0.25, -0.2) is 0 Å². The van der Waals surface area contributed by atoms with Crippen molar-refractivity contribution in [2.24, 2.45) is 0 Å². The van der Waals surface area contributed by atoms with Crippen molar-refractivity contribution >= 4 is 56.0 Å². The summed E-state index contributed by atoms with van der Waals surface area (Å²) in [6, 6.07) is 13.1. The van der Waals surface area contributed by atoms with Crippen LogP contribution in [0.25, 0.3) is 0 Å². The van der Waals surface area contributed by atoms with E-state index in [9.17, 15) is 4.79 Å². The molecule has 2 nitrogen and oxygen atoms in total. The molecule has 2 aromatic carbocycles. The highest BCUT2D eigenvalue weighted by atomic mass is 127. The molecule has 1 atom stereocenters. The molecule has 1 N–H and O–H groups in total. The van der Waals surface area contributed by atoms with Gasteiger partial charge < -0.3 is 5.32 Å². The zero-order chi connectivity index (χ0) is 14.7. The van der Waals surface area contributed by atoms with Crippen LogP contribution in [0.5, 0.6) is 0 Å². The fourth-order valence-electron chi connectivity index (χ4n) is 1.75. The largest absolute Gasteiger partial charge is 0.346 e. The Morgan fingerprint density at radius 1 is 1.25 bits per heavy atom. The van der Waals surface area contributed by atoms with Gasteiger partial charge in [-0.05, 0) is 65.4 Å². The Morgan fingerprint density at radius 3 is 2.50 bits per heavy atom. The quantitative estimate of drug-likeness (QED) is 0.622. The maximum absolute atomic E-state index is 12.2. The molecule has 0 radical (unpaired) electrons. The summed E-state index contributed by atoms with van der Waals surface area (Å²) >= 11 is 11.6. The first-order valence-electron chi connectivity index (χ1n) is 5.99. The van der Waals surface area contributed by atoms with E-state index in [2.05, 4.69) is 43.8 Å². The number of hydrogen-bond donors (Lipinski definition) is 1. The van der Waals surface area contributed by atoms with Crippen molar-refractivity contribution in [3.8, 4) is 0 Å². The average molecular weight is 465 g/mol. The molecule has 0 aliphatic heterocycles. The molecule has 5 heteroatoms. The van der Waals surface area contributed by atoms with Crippen LogP contribution in [0.3, 0.4) is 0 Å². The molecule has 0 fully saturated rings. The van der Waals surface area contributed by atoms with E-state index in [1.54, 1.807) is 12.1 Å². The van der Waals surface area contributed by atoms with Crippen LogP contribution in [0.1, 0.15) is 28.9 Å². The van der Waals surface area contributed by atoms with E-state index in [4.69, 9.17) is 11.6 Å². The number of halogens is 3. The van der Waals surface area contributed by atoms with Gasteiger partial charge in [0.1, 0.15) is 0 Å². The van der Waals surface area contributed by atoms with Crippen molar-refractivity contribution in [1.82, 2.24) is 5.32 Å². The number of amides is 1. The van der Waals surface area contributed by atoms with Crippen LogP contribution >= 0.6 is 50.1 Å². The van der Waals surface area contributed by atoms with Crippen LogP contribution in [0, 0.1) is 3.57 Å². The minimum absolute atomic E-state index is 0.0614. The van der Waals surface area contributed by atoms with Crippen molar-refractivity contribution in [3.05, 3.63) is 66.7 Å². The Morgan fingerprint density at radius 2 is 1.90 bits per heavy atom. The lowest BCUT2D eigenvalue weighted by Gasteiger charge is -2.14. The molecule has 0 aliphatic rings. The Balaban J connectivity index is 2.10. The lowest BCUT2D eigenvalue weighted by Crippen LogP contribution is -2.26. The molecule has 0 heterocycles. The summed E-state index contributed by atoms with van der Waals surface area (Å²) < 4.78 is 1.95. The predicted octanol–water partition coefficient (Wildman–Crippen LogP) is 5.20. The monoisotopic (exact) mass is 463 g/mol. The smallest absolute Gasteiger partial charge is 0.251 e. The predicted molar refractivity (Wildman–Crippen MR) is 94.2 cm³/mol. The fourth-order valence-corrected chi connectivity index (χ4v) is 2.53. The summed E-state index contributed by atoms with van der Waals surface area (Å²) in [6.07, 6.45) is 0. The standard InChI is InChI=1S/C15H12BrClINO/c1-9(10-2-5-12(16)6-3-10)19-15(20)11-4-7-14(18)13(17)8-11/h2-9H,1H3,(H,19,20). The minimum atomic E-state index is -0.126. The molecule has 1 amide bonds. The van der Waals surface area contributed by atoms with Gasteiger partial charge in [-0.1, -0.05) is 39.7 Å².